The predicted molar refractivity (Wildman–Crippen MR) is 61.7 cm³/mol. The maximum atomic E-state index is 13.3. The third-order valence-electron chi connectivity index (χ3n) is 2.99. The molecule has 0 aliphatic carbocycles. The summed E-state index contributed by atoms with van der Waals surface area (Å²) in [6, 6.07) is 3.52. The molecule has 0 amide bonds. The van der Waals surface area contributed by atoms with Crippen LogP contribution in [0.1, 0.15) is 24.8 Å². The summed E-state index contributed by atoms with van der Waals surface area (Å²) in [5.41, 5.74) is 0.373. The van der Waals surface area contributed by atoms with Crippen molar-refractivity contribution in [2.24, 2.45) is 0 Å². The second-order valence-electron chi connectivity index (χ2n) is 4.34. The first kappa shape index (κ1) is 12.5. The zero-order valence-corrected chi connectivity index (χ0v) is 9.72. The van der Waals surface area contributed by atoms with E-state index in [1.165, 1.54) is 6.07 Å². The summed E-state index contributed by atoms with van der Waals surface area (Å²) in [7, 11) is 0. The number of hydrogen-bond acceptors (Lipinski definition) is 2. The van der Waals surface area contributed by atoms with Crippen LogP contribution in [0.25, 0.3) is 0 Å². The second kappa shape index (κ2) is 6.07. The van der Waals surface area contributed by atoms with Gasteiger partial charge in [0, 0.05) is 18.7 Å². The zero-order chi connectivity index (χ0) is 12.1. The standard InChI is InChI=1S/C13H17F2NO/c14-11-3-4-13(15)10(8-11)9-16-6-5-12-2-1-7-17-12/h3-4,8,12,16H,1-2,5-7,9H2. The van der Waals surface area contributed by atoms with Gasteiger partial charge in [0.15, 0.2) is 0 Å². The molecule has 0 aromatic heterocycles. The molecule has 1 aliphatic rings. The van der Waals surface area contributed by atoms with Crippen LogP contribution < -0.4 is 5.32 Å². The number of halogens is 2. The third kappa shape index (κ3) is 3.75. The van der Waals surface area contributed by atoms with Crippen molar-refractivity contribution in [2.45, 2.75) is 31.9 Å². The van der Waals surface area contributed by atoms with Crippen LogP contribution in [0, 0.1) is 11.6 Å². The molecule has 1 N–H and O–H groups in total. The smallest absolute Gasteiger partial charge is 0.127 e. The van der Waals surface area contributed by atoms with E-state index in [4.69, 9.17) is 4.74 Å². The molecule has 1 heterocycles. The Bertz CT molecular complexity index is 364. The van der Waals surface area contributed by atoms with E-state index in [2.05, 4.69) is 5.32 Å². The average Bonchev–Trinajstić information content (AvgIpc) is 2.82. The number of rotatable bonds is 5. The highest BCUT2D eigenvalue weighted by atomic mass is 19.1. The molecule has 0 saturated carbocycles. The minimum atomic E-state index is -0.401. The van der Waals surface area contributed by atoms with Gasteiger partial charge >= 0.3 is 0 Å². The Morgan fingerprint density at radius 1 is 1.35 bits per heavy atom. The number of benzene rings is 1. The fourth-order valence-electron chi connectivity index (χ4n) is 2.04. The van der Waals surface area contributed by atoms with Crippen LogP contribution in [0.2, 0.25) is 0 Å². The van der Waals surface area contributed by atoms with Crippen molar-refractivity contribution in [1.29, 1.82) is 0 Å². The fraction of sp³-hybridized carbons (Fsp3) is 0.538. The minimum Gasteiger partial charge on any atom is -0.378 e. The van der Waals surface area contributed by atoms with Gasteiger partial charge in [-0.25, -0.2) is 8.78 Å². The predicted octanol–water partition coefficient (Wildman–Crippen LogP) is 2.62. The Morgan fingerprint density at radius 3 is 3.00 bits per heavy atom. The summed E-state index contributed by atoms with van der Waals surface area (Å²) in [4.78, 5) is 0. The van der Waals surface area contributed by atoms with Crippen molar-refractivity contribution in [3.63, 3.8) is 0 Å². The molecule has 4 heteroatoms. The molecule has 2 nitrogen and oxygen atoms in total. The van der Waals surface area contributed by atoms with Gasteiger partial charge in [-0.3, -0.25) is 0 Å². The molecule has 94 valence electrons. The van der Waals surface area contributed by atoms with E-state index < -0.39 is 5.82 Å². The van der Waals surface area contributed by atoms with E-state index in [-0.39, 0.29) is 5.82 Å². The SMILES string of the molecule is Fc1ccc(F)c(CNCCC2CCCO2)c1. The van der Waals surface area contributed by atoms with Gasteiger partial charge in [0.25, 0.3) is 0 Å². The van der Waals surface area contributed by atoms with Crippen molar-refractivity contribution >= 4 is 0 Å². The van der Waals surface area contributed by atoms with E-state index in [9.17, 15) is 8.78 Å². The van der Waals surface area contributed by atoms with Crippen molar-refractivity contribution in [3.8, 4) is 0 Å². The molecule has 1 saturated heterocycles. The lowest BCUT2D eigenvalue weighted by Crippen LogP contribution is -2.20. The summed E-state index contributed by atoms with van der Waals surface area (Å²) in [6.07, 6.45) is 3.50. The first-order valence-electron chi connectivity index (χ1n) is 6.02. The summed E-state index contributed by atoms with van der Waals surface area (Å²) < 4.78 is 31.6. The molecule has 0 spiro atoms. The first-order valence-corrected chi connectivity index (χ1v) is 6.02. The Labute approximate surface area is 100.0 Å². The lowest BCUT2D eigenvalue weighted by Gasteiger charge is -2.10. The van der Waals surface area contributed by atoms with Crippen molar-refractivity contribution in [1.82, 2.24) is 5.32 Å². The topological polar surface area (TPSA) is 21.3 Å². The van der Waals surface area contributed by atoms with Gasteiger partial charge in [0.2, 0.25) is 0 Å². The molecule has 1 aliphatic heterocycles. The number of hydrogen-bond donors (Lipinski definition) is 1. The van der Waals surface area contributed by atoms with Crippen molar-refractivity contribution in [2.75, 3.05) is 13.2 Å². The van der Waals surface area contributed by atoms with Gasteiger partial charge in [-0.2, -0.15) is 0 Å². The monoisotopic (exact) mass is 241 g/mol. The lowest BCUT2D eigenvalue weighted by atomic mass is 10.1. The van der Waals surface area contributed by atoms with E-state index in [0.29, 0.717) is 18.2 Å². The molecule has 17 heavy (non-hydrogen) atoms. The molecule has 1 aromatic rings. The summed E-state index contributed by atoms with van der Waals surface area (Å²) in [5, 5.41) is 3.11. The van der Waals surface area contributed by atoms with Gasteiger partial charge in [0.1, 0.15) is 11.6 Å². The van der Waals surface area contributed by atoms with Crippen molar-refractivity contribution < 1.29 is 13.5 Å². The Morgan fingerprint density at radius 2 is 2.24 bits per heavy atom. The Balaban J connectivity index is 1.72. The minimum absolute atomic E-state index is 0.333. The average molecular weight is 241 g/mol. The molecule has 1 aromatic carbocycles. The van der Waals surface area contributed by atoms with E-state index in [1.807, 2.05) is 0 Å². The van der Waals surface area contributed by atoms with Crippen LogP contribution in [-0.2, 0) is 11.3 Å². The molecule has 1 unspecified atom stereocenters. The first-order chi connectivity index (χ1) is 8.25. The van der Waals surface area contributed by atoms with Crippen LogP contribution in [0.5, 0.6) is 0 Å². The molecule has 1 fully saturated rings. The molecular formula is C13H17F2NO. The molecule has 0 bridgehead atoms. The van der Waals surface area contributed by atoms with Crippen LogP contribution >= 0.6 is 0 Å². The largest absolute Gasteiger partial charge is 0.378 e. The summed E-state index contributed by atoms with van der Waals surface area (Å²) in [6.45, 7) is 1.97. The van der Waals surface area contributed by atoms with Gasteiger partial charge in [0.05, 0.1) is 6.10 Å². The number of nitrogens with one attached hydrogen (secondary N) is 1. The van der Waals surface area contributed by atoms with Gasteiger partial charge in [-0.15, -0.1) is 0 Å². The zero-order valence-electron chi connectivity index (χ0n) is 9.72. The highest BCUT2D eigenvalue weighted by Gasteiger charge is 2.14. The fourth-order valence-corrected chi connectivity index (χ4v) is 2.04. The van der Waals surface area contributed by atoms with Crippen LogP contribution in [0.3, 0.4) is 0 Å². The number of ether oxygens (including phenoxy) is 1. The molecule has 1 atom stereocenters. The van der Waals surface area contributed by atoms with Gasteiger partial charge < -0.3 is 10.1 Å². The summed E-state index contributed by atoms with van der Waals surface area (Å²) >= 11 is 0. The van der Waals surface area contributed by atoms with Gasteiger partial charge in [-0.1, -0.05) is 0 Å². The normalized spacial score (nSPS) is 19.8. The molecular weight excluding hydrogens is 224 g/mol. The van der Waals surface area contributed by atoms with Crippen LogP contribution in [-0.4, -0.2) is 19.3 Å². The van der Waals surface area contributed by atoms with Gasteiger partial charge in [-0.05, 0) is 44.0 Å². The molecule has 2 rings (SSSR count). The third-order valence-corrected chi connectivity index (χ3v) is 2.99. The maximum absolute atomic E-state index is 13.3. The maximum Gasteiger partial charge on any atom is 0.127 e. The quantitative estimate of drug-likeness (QED) is 0.800. The van der Waals surface area contributed by atoms with E-state index >= 15 is 0 Å². The van der Waals surface area contributed by atoms with Crippen molar-refractivity contribution in [3.05, 3.63) is 35.4 Å². The summed E-state index contributed by atoms with van der Waals surface area (Å²) in [5.74, 6) is -0.765. The van der Waals surface area contributed by atoms with E-state index in [1.54, 1.807) is 0 Å². The highest BCUT2D eigenvalue weighted by Crippen LogP contribution is 2.14. The highest BCUT2D eigenvalue weighted by molar-refractivity contribution is 5.18. The molecule has 0 radical (unpaired) electrons. The van der Waals surface area contributed by atoms with Crippen LogP contribution in [0.15, 0.2) is 18.2 Å². The lowest BCUT2D eigenvalue weighted by molar-refractivity contribution is 0.104. The van der Waals surface area contributed by atoms with E-state index in [0.717, 1.165) is 44.5 Å². The Kier molecular flexibility index (Phi) is 4.45. The van der Waals surface area contributed by atoms with Crippen LogP contribution in [0.4, 0.5) is 8.78 Å². The second-order valence-corrected chi connectivity index (χ2v) is 4.34. The Hall–Kier alpha value is -1.00.